The Morgan fingerprint density at radius 3 is 2.45 bits per heavy atom. The second-order valence-corrected chi connectivity index (χ2v) is 5.52. The zero-order valence-electron chi connectivity index (χ0n) is 12.4. The van der Waals surface area contributed by atoms with E-state index in [0.717, 1.165) is 0 Å². The number of nitrogens with one attached hydrogen (secondary N) is 1. The summed E-state index contributed by atoms with van der Waals surface area (Å²) in [7, 11) is 1.48. The summed E-state index contributed by atoms with van der Waals surface area (Å²) in [4.78, 5) is 33.7. The minimum Gasteiger partial charge on any atom is -0.481 e. The Bertz CT molecular complexity index is 616. The Kier molecular flexibility index (Phi) is 4.43. The van der Waals surface area contributed by atoms with Gasteiger partial charge in [-0.25, -0.2) is 0 Å². The number of carboxylic acid groups (broad SMARTS) is 1. The number of carboxylic acids is 1. The van der Waals surface area contributed by atoms with E-state index in [9.17, 15) is 19.7 Å². The number of carbonyl (C=O) groups excluding carboxylic acids is 1. The van der Waals surface area contributed by atoms with Crippen molar-refractivity contribution in [3.05, 3.63) is 21.5 Å². The van der Waals surface area contributed by atoms with E-state index in [1.165, 1.54) is 18.7 Å². The third kappa shape index (κ3) is 3.07. The molecule has 0 aliphatic heterocycles. The Balaban J connectivity index is 2.08. The maximum Gasteiger partial charge on any atom is 0.322 e. The fraction of sp³-hybridized carbons (Fsp3) is 0.615. The number of hydrogen-bond donors (Lipinski definition) is 2. The van der Waals surface area contributed by atoms with Gasteiger partial charge in [0.2, 0.25) is 5.69 Å². The lowest BCUT2D eigenvalue weighted by molar-refractivity contribution is -0.385. The number of aliphatic carboxylic acids is 1. The summed E-state index contributed by atoms with van der Waals surface area (Å²) in [5.41, 5.74) is -0.186. The molecule has 22 heavy (non-hydrogen) atoms. The summed E-state index contributed by atoms with van der Waals surface area (Å²) in [6.45, 7) is 1.48. The van der Waals surface area contributed by atoms with Gasteiger partial charge in [-0.3, -0.25) is 24.4 Å². The second-order valence-electron chi connectivity index (χ2n) is 5.52. The predicted octanol–water partition coefficient (Wildman–Crippen LogP) is 1.01. The fourth-order valence-electron chi connectivity index (χ4n) is 2.86. The molecule has 1 saturated carbocycles. The molecule has 1 aromatic rings. The molecule has 9 nitrogen and oxygen atoms in total. The molecule has 2 rings (SSSR count). The Labute approximate surface area is 126 Å². The molecule has 0 aromatic carbocycles. The van der Waals surface area contributed by atoms with Gasteiger partial charge < -0.3 is 10.4 Å². The summed E-state index contributed by atoms with van der Waals surface area (Å²) >= 11 is 0. The molecular weight excluding hydrogens is 292 g/mol. The molecule has 1 amide bonds. The van der Waals surface area contributed by atoms with Crippen LogP contribution in [-0.2, 0) is 11.8 Å². The van der Waals surface area contributed by atoms with Crippen LogP contribution in [-0.4, -0.2) is 37.7 Å². The third-order valence-electron chi connectivity index (χ3n) is 4.00. The van der Waals surface area contributed by atoms with E-state index in [-0.39, 0.29) is 29.0 Å². The molecule has 1 fully saturated rings. The molecule has 0 atom stereocenters. The van der Waals surface area contributed by atoms with Crippen molar-refractivity contribution in [2.75, 3.05) is 0 Å². The standard InChI is InChI=1S/C13H18N4O5/c1-7-10(17(21)22)11(16(2)15-7)12(18)14-9-5-3-8(4-6-9)13(19)20/h8-9H,3-6H2,1-2H3,(H,14,18)(H,19,20). The van der Waals surface area contributed by atoms with Gasteiger partial charge in [0.25, 0.3) is 5.91 Å². The van der Waals surface area contributed by atoms with Crippen LogP contribution in [0.2, 0.25) is 0 Å². The average Bonchev–Trinajstić information content (AvgIpc) is 2.74. The molecule has 0 radical (unpaired) electrons. The van der Waals surface area contributed by atoms with E-state index < -0.39 is 16.8 Å². The quantitative estimate of drug-likeness (QED) is 0.631. The van der Waals surface area contributed by atoms with Gasteiger partial charge in [0.15, 0.2) is 0 Å². The van der Waals surface area contributed by atoms with Crippen LogP contribution in [0.25, 0.3) is 0 Å². The first-order valence-corrected chi connectivity index (χ1v) is 7.03. The summed E-state index contributed by atoms with van der Waals surface area (Å²) < 4.78 is 1.20. The van der Waals surface area contributed by atoms with Crippen LogP contribution < -0.4 is 5.32 Å². The number of hydrogen-bond acceptors (Lipinski definition) is 5. The topological polar surface area (TPSA) is 127 Å². The van der Waals surface area contributed by atoms with Gasteiger partial charge in [-0.15, -0.1) is 0 Å². The molecule has 0 unspecified atom stereocenters. The molecule has 1 heterocycles. The van der Waals surface area contributed by atoms with E-state index in [1.807, 2.05) is 0 Å². The SMILES string of the molecule is Cc1nn(C)c(C(=O)NC2CCC(C(=O)O)CC2)c1[N+](=O)[O-]. The van der Waals surface area contributed by atoms with Crippen molar-refractivity contribution in [1.82, 2.24) is 15.1 Å². The molecule has 9 heteroatoms. The lowest BCUT2D eigenvalue weighted by Crippen LogP contribution is -2.39. The number of amides is 1. The lowest BCUT2D eigenvalue weighted by Gasteiger charge is -2.26. The molecule has 0 saturated heterocycles. The minimum atomic E-state index is -0.817. The summed E-state index contributed by atoms with van der Waals surface area (Å²) in [5, 5.41) is 26.7. The molecule has 2 N–H and O–H groups in total. The zero-order chi connectivity index (χ0) is 16.4. The van der Waals surface area contributed by atoms with Gasteiger partial charge in [0.05, 0.1) is 10.8 Å². The first kappa shape index (κ1) is 15.9. The van der Waals surface area contributed by atoms with E-state index in [4.69, 9.17) is 5.11 Å². The van der Waals surface area contributed by atoms with Crippen LogP contribution in [0.5, 0.6) is 0 Å². The van der Waals surface area contributed by atoms with Gasteiger partial charge >= 0.3 is 11.7 Å². The second kappa shape index (κ2) is 6.12. The van der Waals surface area contributed by atoms with Crippen LogP contribution in [0.4, 0.5) is 5.69 Å². The van der Waals surface area contributed by atoms with Gasteiger partial charge in [0, 0.05) is 13.1 Å². The largest absolute Gasteiger partial charge is 0.481 e. The molecule has 1 aliphatic rings. The van der Waals surface area contributed by atoms with Crippen molar-refractivity contribution in [3.8, 4) is 0 Å². The van der Waals surface area contributed by atoms with Crippen molar-refractivity contribution in [3.63, 3.8) is 0 Å². The minimum absolute atomic E-state index is 0.0807. The predicted molar refractivity (Wildman–Crippen MR) is 75.4 cm³/mol. The average molecular weight is 310 g/mol. The molecule has 1 aliphatic carbocycles. The maximum absolute atomic E-state index is 12.3. The number of carbonyl (C=O) groups is 2. The zero-order valence-corrected chi connectivity index (χ0v) is 12.4. The van der Waals surface area contributed by atoms with Crippen LogP contribution in [0.15, 0.2) is 0 Å². The number of aryl methyl sites for hydroxylation is 2. The van der Waals surface area contributed by atoms with Crippen LogP contribution in [0, 0.1) is 23.0 Å². The smallest absolute Gasteiger partial charge is 0.322 e. The van der Waals surface area contributed by atoms with Gasteiger partial charge in [-0.1, -0.05) is 0 Å². The monoisotopic (exact) mass is 310 g/mol. The van der Waals surface area contributed by atoms with E-state index in [0.29, 0.717) is 25.7 Å². The highest BCUT2D eigenvalue weighted by atomic mass is 16.6. The number of nitrogens with zero attached hydrogens (tertiary/aromatic N) is 3. The van der Waals surface area contributed by atoms with Crippen LogP contribution in [0.1, 0.15) is 41.9 Å². The lowest BCUT2D eigenvalue weighted by atomic mass is 9.86. The molecule has 0 bridgehead atoms. The highest BCUT2D eigenvalue weighted by Crippen LogP contribution is 2.26. The highest BCUT2D eigenvalue weighted by molar-refractivity contribution is 5.97. The number of rotatable bonds is 4. The molecule has 0 spiro atoms. The van der Waals surface area contributed by atoms with Crippen molar-refractivity contribution in [1.29, 1.82) is 0 Å². The maximum atomic E-state index is 12.3. The summed E-state index contributed by atoms with van der Waals surface area (Å²) in [5.74, 6) is -1.74. The van der Waals surface area contributed by atoms with E-state index in [2.05, 4.69) is 10.4 Å². The summed E-state index contributed by atoms with van der Waals surface area (Å²) in [6.07, 6.45) is 2.08. The number of nitro groups is 1. The first-order valence-electron chi connectivity index (χ1n) is 7.03. The van der Waals surface area contributed by atoms with Crippen molar-refractivity contribution >= 4 is 17.6 Å². The van der Waals surface area contributed by atoms with Crippen molar-refractivity contribution < 1.29 is 19.6 Å². The fourth-order valence-corrected chi connectivity index (χ4v) is 2.86. The Morgan fingerprint density at radius 2 is 1.95 bits per heavy atom. The highest BCUT2D eigenvalue weighted by Gasteiger charge is 2.32. The van der Waals surface area contributed by atoms with E-state index in [1.54, 1.807) is 0 Å². The molecular formula is C13H18N4O5. The molecule has 1 aromatic heterocycles. The van der Waals surface area contributed by atoms with Crippen molar-refractivity contribution in [2.24, 2.45) is 13.0 Å². The third-order valence-corrected chi connectivity index (χ3v) is 4.00. The van der Waals surface area contributed by atoms with Gasteiger partial charge in [0.1, 0.15) is 5.69 Å². The Morgan fingerprint density at radius 1 is 1.36 bits per heavy atom. The summed E-state index contributed by atoms with van der Waals surface area (Å²) in [6, 6.07) is -0.169. The Hall–Kier alpha value is -2.45. The van der Waals surface area contributed by atoms with Crippen LogP contribution >= 0.6 is 0 Å². The number of aromatic nitrogens is 2. The molecule has 120 valence electrons. The normalized spacial score (nSPS) is 21.4. The van der Waals surface area contributed by atoms with Crippen LogP contribution in [0.3, 0.4) is 0 Å². The van der Waals surface area contributed by atoms with Gasteiger partial charge in [-0.2, -0.15) is 5.10 Å². The van der Waals surface area contributed by atoms with Gasteiger partial charge in [-0.05, 0) is 32.6 Å². The van der Waals surface area contributed by atoms with E-state index >= 15 is 0 Å². The van der Waals surface area contributed by atoms with Crippen molar-refractivity contribution in [2.45, 2.75) is 38.6 Å². The first-order chi connectivity index (χ1) is 10.3.